The number of carbonyl (C=O) groups is 1. The van der Waals surface area contributed by atoms with Crippen LogP contribution in [0.3, 0.4) is 0 Å². The third-order valence-electron chi connectivity index (χ3n) is 12.0. The largest absolute Gasteiger partial charge is 0.453 e. The lowest BCUT2D eigenvalue weighted by Crippen LogP contribution is -2.54. The van der Waals surface area contributed by atoms with Crippen molar-refractivity contribution >= 4 is 6.09 Å². The molecule has 4 aliphatic carbocycles. The molecule has 6 rings (SSSR count). The molecule has 4 fully saturated rings. The standard InChI is InChI=1S/C30H45NO5/c1-16-13-22-24(31(15-16)27(34)35-6)18(3)30(36-22)12-9-21-23(17(30)2)25(33)26-28(4)11-8-20(32)14-19(28)7-10-29(21,26)5/h7,16,18,20-22,24-26,32-33H,8-15H2,1-6H3/t16-,18+,20-,21+,22+,24-,25+,26+,28-,29-,30-/m0/s1. The Morgan fingerprint density at radius 3 is 2.67 bits per heavy atom. The number of aliphatic hydroxyl groups excluding tert-OH is 2. The second-order valence-electron chi connectivity index (χ2n) is 13.6. The smallest absolute Gasteiger partial charge is 0.409 e. The maximum atomic E-state index is 12.8. The van der Waals surface area contributed by atoms with Crippen molar-refractivity contribution in [3.63, 3.8) is 0 Å². The van der Waals surface area contributed by atoms with Crippen LogP contribution in [0.1, 0.15) is 79.6 Å². The van der Waals surface area contributed by atoms with E-state index in [0.29, 0.717) is 18.4 Å². The molecule has 6 nitrogen and oxygen atoms in total. The highest BCUT2D eigenvalue weighted by molar-refractivity contribution is 5.68. The molecule has 1 spiro atoms. The summed E-state index contributed by atoms with van der Waals surface area (Å²) in [4.78, 5) is 14.7. The molecule has 0 aromatic heterocycles. The highest BCUT2D eigenvalue weighted by Gasteiger charge is 2.67. The van der Waals surface area contributed by atoms with E-state index in [1.807, 2.05) is 4.90 Å². The van der Waals surface area contributed by atoms with Gasteiger partial charge in [-0.05, 0) is 85.7 Å². The first-order valence-electron chi connectivity index (χ1n) is 14.3. The van der Waals surface area contributed by atoms with Crippen LogP contribution in [0.4, 0.5) is 4.79 Å². The van der Waals surface area contributed by atoms with E-state index in [0.717, 1.165) is 44.9 Å². The predicted octanol–water partition coefficient (Wildman–Crippen LogP) is 4.84. The summed E-state index contributed by atoms with van der Waals surface area (Å²) in [5.74, 6) is 1.01. The van der Waals surface area contributed by atoms with E-state index in [9.17, 15) is 15.0 Å². The number of ether oxygens (including phenoxy) is 2. The van der Waals surface area contributed by atoms with Crippen molar-refractivity contribution in [1.29, 1.82) is 0 Å². The fourth-order valence-electron chi connectivity index (χ4n) is 10.3. The lowest BCUT2D eigenvalue weighted by molar-refractivity contribution is -0.0665. The number of piperidine rings is 1. The Balaban J connectivity index is 1.40. The molecule has 1 amide bonds. The van der Waals surface area contributed by atoms with Crippen molar-refractivity contribution in [2.24, 2.45) is 34.5 Å². The van der Waals surface area contributed by atoms with Gasteiger partial charge in [-0.3, -0.25) is 0 Å². The number of carbonyl (C=O) groups excluding carboxylic acids is 1. The third-order valence-corrected chi connectivity index (χ3v) is 12.0. The van der Waals surface area contributed by atoms with Crippen LogP contribution in [0.15, 0.2) is 22.8 Å². The zero-order chi connectivity index (χ0) is 25.8. The van der Waals surface area contributed by atoms with E-state index in [4.69, 9.17) is 9.47 Å². The van der Waals surface area contributed by atoms with Gasteiger partial charge in [0, 0.05) is 18.4 Å². The molecule has 2 heterocycles. The van der Waals surface area contributed by atoms with Gasteiger partial charge in [0.05, 0.1) is 37.1 Å². The van der Waals surface area contributed by atoms with E-state index in [1.165, 1.54) is 23.8 Å². The van der Waals surface area contributed by atoms with Gasteiger partial charge in [0.1, 0.15) is 0 Å². The Labute approximate surface area is 216 Å². The lowest BCUT2D eigenvalue weighted by Gasteiger charge is -2.54. The van der Waals surface area contributed by atoms with Gasteiger partial charge in [-0.1, -0.05) is 39.3 Å². The maximum Gasteiger partial charge on any atom is 0.409 e. The van der Waals surface area contributed by atoms with Gasteiger partial charge in [-0.2, -0.15) is 0 Å². The SMILES string of the molecule is COC(=O)N1C[C@@H](C)C[C@H]2O[C@]3(CC[C@@H]4C(=C3C)[C@@H](O)[C@H]3[C@@]4(C)CC=C4C[C@@H](O)CC[C@@]43C)[C@H](C)[C@@H]21. The Hall–Kier alpha value is -1.37. The molecule has 200 valence electrons. The monoisotopic (exact) mass is 499 g/mol. The number of hydrogen-bond donors (Lipinski definition) is 2. The van der Waals surface area contributed by atoms with Crippen LogP contribution in [-0.2, 0) is 9.47 Å². The van der Waals surface area contributed by atoms with E-state index in [-0.39, 0.29) is 47.0 Å². The Kier molecular flexibility index (Phi) is 5.59. The summed E-state index contributed by atoms with van der Waals surface area (Å²) in [7, 11) is 1.47. The third kappa shape index (κ3) is 3.04. The molecule has 2 saturated heterocycles. The van der Waals surface area contributed by atoms with Crippen LogP contribution in [0.2, 0.25) is 0 Å². The first kappa shape index (κ1) is 24.9. The summed E-state index contributed by atoms with van der Waals surface area (Å²) in [6, 6.07) is 0.00257. The van der Waals surface area contributed by atoms with Crippen LogP contribution < -0.4 is 0 Å². The zero-order valence-electron chi connectivity index (χ0n) is 22.9. The molecule has 6 heteroatoms. The maximum absolute atomic E-state index is 12.8. The van der Waals surface area contributed by atoms with Crippen LogP contribution in [0.5, 0.6) is 0 Å². The number of amides is 1. The molecule has 0 radical (unpaired) electrons. The normalized spacial score (nSPS) is 51.9. The van der Waals surface area contributed by atoms with Crippen molar-refractivity contribution < 1.29 is 24.5 Å². The molecule has 36 heavy (non-hydrogen) atoms. The second kappa shape index (κ2) is 8.07. The van der Waals surface area contributed by atoms with Crippen LogP contribution >= 0.6 is 0 Å². The number of methoxy groups -OCH3 is 1. The van der Waals surface area contributed by atoms with Gasteiger partial charge in [0.15, 0.2) is 0 Å². The average molecular weight is 500 g/mol. The summed E-state index contributed by atoms with van der Waals surface area (Å²) in [5, 5.41) is 22.5. The Morgan fingerprint density at radius 1 is 1.19 bits per heavy atom. The molecular formula is C30H45NO5. The molecule has 6 aliphatic rings. The quantitative estimate of drug-likeness (QED) is 0.466. The Morgan fingerprint density at radius 2 is 1.94 bits per heavy atom. The summed E-state index contributed by atoms with van der Waals surface area (Å²) in [5.41, 5.74) is 3.30. The fourth-order valence-corrected chi connectivity index (χ4v) is 10.3. The summed E-state index contributed by atoms with van der Waals surface area (Å²) < 4.78 is 12.2. The van der Waals surface area contributed by atoms with Gasteiger partial charge in [-0.15, -0.1) is 0 Å². The number of nitrogens with zero attached hydrogens (tertiary/aromatic N) is 1. The summed E-state index contributed by atoms with van der Waals surface area (Å²) in [6.07, 6.45) is 7.76. The second-order valence-corrected chi connectivity index (χ2v) is 13.6. The molecule has 0 aromatic carbocycles. The van der Waals surface area contributed by atoms with E-state index >= 15 is 0 Å². The molecule has 2 aliphatic heterocycles. The van der Waals surface area contributed by atoms with Crippen molar-refractivity contribution in [2.75, 3.05) is 13.7 Å². The van der Waals surface area contributed by atoms with E-state index in [1.54, 1.807) is 0 Å². The van der Waals surface area contributed by atoms with Crippen molar-refractivity contribution in [3.8, 4) is 0 Å². The topological polar surface area (TPSA) is 79.2 Å². The predicted molar refractivity (Wildman–Crippen MR) is 137 cm³/mol. The zero-order valence-corrected chi connectivity index (χ0v) is 22.9. The number of rotatable bonds is 0. The van der Waals surface area contributed by atoms with E-state index in [2.05, 4.69) is 40.7 Å². The first-order chi connectivity index (χ1) is 17.0. The highest BCUT2D eigenvalue weighted by atomic mass is 16.5. The number of likely N-dealkylation sites (tertiary alicyclic amines) is 1. The lowest BCUT2D eigenvalue weighted by atomic mass is 9.51. The number of aliphatic hydroxyl groups is 2. The van der Waals surface area contributed by atoms with Crippen LogP contribution in [0.25, 0.3) is 0 Å². The van der Waals surface area contributed by atoms with E-state index < -0.39 is 11.7 Å². The van der Waals surface area contributed by atoms with Gasteiger partial charge in [-0.25, -0.2) is 4.79 Å². The van der Waals surface area contributed by atoms with Crippen molar-refractivity contribution in [3.05, 3.63) is 22.8 Å². The van der Waals surface area contributed by atoms with Crippen molar-refractivity contribution in [2.45, 2.75) is 110 Å². The molecule has 0 bridgehead atoms. The average Bonchev–Trinajstić information content (AvgIpc) is 3.24. The Bertz CT molecular complexity index is 1020. The molecule has 11 atom stereocenters. The van der Waals surface area contributed by atoms with Gasteiger partial charge >= 0.3 is 6.09 Å². The summed E-state index contributed by atoms with van der Waals surface area (Å²) in [6.45, 7) is 12.1. The first-order valence-corrected chi connectivity index (χ1v) is 14.3. The van der Waals surface area contributed by atoms with Gasteiger partial charge in [0.2, 0.25) is 0 Å². The van der Waals surface area contributed by atoms with Crippen LogP contribution in [0, 0.1) is 34.5 Å². The minimum atomic E-state index is -0.491. The molecule has 2 N–H and O–H groups in total. The molecular weight excluding hydrogens is 454 g/mol. The molecule has 0 unspecified atom stereocenters. The molecule has 2 saturated carbocycles. The number of hydrogen-bond acceptors (Lipinski definition) is 5. The number of fused-ring (bicyclic) bond motifs is 6. The highest BCUT2D eigenvalue weighted by Crippen LogP contribution is 2.70. The van der Waals surface area contributed by atoms with Gasteiger partial charge in [0.25, 0.3) is 0 Å². The van der Waals surface area contributed by atoms with Crippen LogP contribution in [-0.4, -0.2) is 64.8 Å². The fraction of sp³-hybridized carbons (Fsp3) is 0.833. The minimum absolute atomic E-state index is 0.00257. The van der Waals surface area contributed by atoms with Gasteiger partial charge < -0.3 is 24.6 Å². The van der Waals surface area contributed by atoms with Crippen molar-refractivity contribution in [1.82, 2.24) is 4.90 Å². The summed E-state index contributed by atoms with van der Waals surface area (Å²) >= 11 is 0. The number of allylic oxidation sites excluding steroid dienone is 1. The minimum Gasteiger partial charge on any atom is -0.453 e. The molecule has 0 aromatic rings.